The summed E-state index contributed by atoms with van der Waals surface area (Å²) in [7, 11) is -4.12. The number of benzene rings is 1. The first kappa shape index (κ1) is 13.0. The van der Waals surface area contributed by atoms with Crippen molar-refractivity contribution in [1.29, 1.82) is 0 Å². The van der Waals surface area contributed by atoms with Gasteiger partial charge in [0.25, 0.3) is 0 Å². The molecule has 0 fully saturated rings. The van der Waals surface area contributed by atoms with Crippen LogP contribution in [0.4, 0.5) is 0 Å². The third-order valence-corrected chi connectivity index (χ3v) is 5.00. The highest BCUT2D eigenvalue weighted by atomic mass is 32.2. The van der Waals surface area contributed by atoms with E-state index >= 15 is 0 Å². The Kier molecular flexibility index (Phi) is 3.83. The first-order chi connectivity index (χ1) is 8.04. The van der Waals surface area contributed by atoms with E-state index in [4.69, 9.17) is 4.74 Å². The first-order valence-corrected chi connectivity index (χ1v) is 8.14. The third kappa shape index (κ3) is 2.68. The summed E-state index contributed by atoms with van der Waals surface area (Å²) in [6, 6.07) is 5.53. The Morgan fingerprint density at radius 2 is 2.29 bits per heavy atom. The van der Waals surface area contributed by atoms with Gasteiger partial charge in [0, 0.05) is 10.5 Å². The molecule has 4 nitrogen and oxygen atoms in total. The van der Waals surface area contributed by atoms with Gasteiger partial charge in [-0.15, -0.1) is 11.8 Å². The van der Waals surface area contributed by atoms with Gasteiger partial charge in [-0.2, -0.15) is 0 Å². The number of hydrogen-bond acceptors (Lipinski definition) is 3. The van der Waals surface area contributed by atoms with E-state index in [0.717, 1.165) is 10.6 Å². The predicted molar refractivity (Wildman–Crippen MR) is 67.7 cm³/mol. The topological polar surface area (TPSA) is 66.8 Å². The SMILES string of the molecule is CCSc1cccc2c1C(P(=O)(O)O)CCO2. The molecule has 1 aromatic rings. The molecule has 0 radical (unpaired) electrons. The molecule has 2 N–H and O–H groups in total. The van der Waals surface area contributed by atoms with Crippen LogP contribution >= 0.6 is 19.4 Å². The summed E-state index contributed by atoms with van der Waals surface area (Å²) < 4.78 is 17.0. The van der Waals surface area contributed by atoms with Crippen molar-refractivity contribution in [2.24, 2.45) is 0 Å². The summed E-state index contributed by atoms with van der Waals surface area (Å²) >= 11 is 1.59. The Hall–Kier alpha value is -0.480. The molecule has 1 aliphatic heterocycles. The van der Waals surface area contributed by atoms with Crippen LogP contribution in [-0.2, 0) is 4.57 Å². The van der Waals surface area contributed by atoms with Crippen LogP contribution in [0.3, 0.4) is 0 Å². The van der Waals surface area contributed by atoms with Crippen LogP contribution in [0.5, 0.6) is 5.75 Å². The van der Waals surface area contributed by atoms with Crippen LogP contribution in [-0.4, -0.2) is 22.1 Å². The molecule has 0 saturated heterocycles. The number of fused-ring (bicyclic) bond motifs is 1. The third-order valence-electron chi connectivity index (χ3n) is 2.71. The predicted octanol–water partition coefficient (Wildman–Crippen LogP) is 2.80. The van der Waals surface area contributed by atoms with Gasteiger partial charge in [-0.1, -0.05) is 13.0 Å². The second kappa shape index (κ2) is 5.02. The highest BCUT2D eigenvalue weighted by molar-refractivity contribution is 7.99. The molecule has 0 aliphatic carbocycles. The molecule has 0 amide bonds. The number of thioether (sulfide) groups is 1. The summed E-state index contributed by atoms with van der Waals surface area (Å²) in [6.07, 6.45) is 0.374. The van der Waals surface area contributed by atoms with Gasteiger partial charge >= 0.3 is 7.60 Å². The van der Waals surface area contributed by atoms with Crippen molar-refractivity contribution in [3.8, 4) is 5.75 Å². The molecule has 94 valence electrons. The van der Waals surface area contributed by atoms with Gasteiger partial charge in [-0.3, -0.25) is 4.57 Å². The maximum atomic E-state index is 11.5. The lowest BCUT2D eigenvalue weighted by Gasteiger charge is -2.28. The summed E-state index contributed by atoms with van der Waals surface area (Å²) in [6.45, 7) is 2.38. The molecule has 2 rings (SSSR count). The normalized spacial score (nSPS) is 19.6. The molecular weight excluding hydrogens is 259 g/mol. The maximum Gasteiger partial charge on any atom is 0.333 e. The average Bonchev–Trinajstić information content (AvgIpc) is 2.28. The Balaban J connectivity index is 2.51. The van der Waals surface area contributed by atoms with Gasteiger partial charge in [0.05, 0.1) is 12.3 Å². The van der Waals surface area contributed by atoms with Crippen LogP contribution in [0.15, 0.2) is 23.1 Å². The van der Waals surface area contributed by atoms with E-state index in [0.29, 0.717) is 24.3 Å². The van der Waals surface area contributed by atoms with Crippen LogP contribution in [0.25, 0.3) is 0 Å². The van der Waals surface area contributed by atoms with Crippen molar-refractivity contribution in [2.45, 2.75) is 23.9 Å². The zero-order chi connectivity index (χ0) is 12.5. The second-order valence-electron chi connectivity index (χ2n) is 3.84. The van der Waals surface area contributed by atoms with E-state index < -0.39 is 13.3 Å². The zero-order valence-electron chi connectivity index (χ0n) is 9.50. The lowest BCUT2D eigenvalue weighted by molar-refractivity contribution is 0.264. The fourth-order valence-electron chi connectivity index (χ4n) is 2.02. The highest BCUT2D eigenvalue weighted by Crippen LogP contribution is 2.58. The van der Waals surface area contributed by atoms with Gasteiger partial charge in [-0.25, -0.2) is 0 Å². The average molecular weight is 274 g/mol. The quantitative estimate of drug-likeness (QED) is 0.655. The van der Waals surface area contributed by atoms with Gasteiger partial charge < -0.3 is 14.5 Å². The van der Waals surface area contributed by atoms with Gasteiger partial charge in [0.1, 0.15) is 5.75 Å². The number of hydrogen-bond donors (Lipinski definition) is 2. The maximum absolute atomic E-state index is 11.5. The van der Waals surface area contributed by atoms with E-state index in [1.807, 2.05) is 19.1 Å². The molecule has 1 aliphatic rings. The van der Waals surface area contributed by atoms with Crippen molar-refractivity contribution >= 4 is 19.4 Å². The fraction of sp³-hybridized carbons (Fsp3) is 0.455. The molecule has 6 heteroatoms. The van der Waals surface area contributed by atoms with Gasteiger partial charge in [0.15, 0.2) is 0 Å². The monoisotopic (exact) mass is 274 g/mol. The van der Waals surface area contributed by atoms with E-state index in [9.17, 15) is 14.4 Å². The van der Waals surface area contributed by atoms with Crippen molar-refractivity contribution in [3.05, 3.63) is 23.8 Å². The van der Waals surface area contributed by atoms with E-state index in [2.05, 4.69) is 0 Å². The summed E-state index contributed by atoms with van der Waals surface area (Å²) in [5.74, 6) is 1.48. The lowest BCUT2D eigenvalue weighted by atomic mass is 10.1. The van der Waals surface area contributed by atoms with Crippen LogP contribution in [0.1, 0.15) is 24.6 Å². The summed E-state index contributed by atoms with van der Waals surface area (Å²) in [4.78, 5) is 19.8. The molecule has 1 unspecified atom stereocenters. The zero-order valence-corrected chi connectivity index (χ0v) is 11.2. The lowest BCUT2D eigenvalue weighted by Crippen LogP contribution is -2.15. The van der Waals surface area contributed by atoms with E-state index in [1.54, 1.807) is 17.8 Å². The van der Waals surface area contributed by atoms with Crippen molar-refractivity contribution in [2.75, 3.05) is 12.4 Å². The minimum absolute atomic E-state index is 0.364. The Bertz CT molecular complexity index is 457. The van der Waals surface area contributed by atoms with Crippen molar-refractivity contribution in [1.82, 2.24) is 0 Å². The van der Waals surface area contributed by atoms with Crippen LogP contribution < -0.4 is 4.74 Å². The van der Waals surface area contributed by atoms with E-state index in [-0.39, 0.29) is 0 Å². The Labute approximate surface area is 105 Å². The minimum Gasteiger partial charge on any atom is -0.493 e. The van der Waals surface area contributed by atoms with E-state index in [1.165, 1.54) is 0 Å². The molecule has 0 aromatic heterocycles. The largest absolute Gasteiger partial charge is 0.493 e. The number of ether oxygens (including phenoxy) is 1. The highest BCUT2D eigenvalue weighted by Gasteiger charge is 2.36. The smallest absolute Gasteiger partial charge is 0.333 e. The van der Waals surface area contributed by atoms with Gasteiger partial charge in [0.2, 0.25) is 0 Å². The molecule has 0 spiro atoms. The fourth-order valence-corrected chi connectivity index (χ4v) is 4.04. The molecular formula is C11H15O4PS. The summed E-state index contributed by atoms with van der Waals surface area (Å²) in [5, 5.41) is 0. The minimum atomic E-state index is -4.12. The van der Waals surface area contributed by atoms with Crippen LogP contribution in [0, 0.1) is 0 Å². The second-order valence-corrected chi connectivity index (χ2v) is 6.95. The molecule has 1 heterocycles. The standard InChI is InChI=1S/C11H15O4PS/c1-2-17-10-5-3-4-8-11(10)9(6-7-15-8)16(12,13)14/h3-5,9H,2,6-7H2,1H3,(H2,12,13,14). The molecule has 1 atom stereocenters. The van der Waals surface area contributed by atoms with Gasteiger partial charge in [-0.05, 0) is 24.3 Å². The summed E-state index contributed by atoms with van der Waals surface area (Å²) in [5.41, 5.74) is -0.0413. The molecule has 0 saturated carbocycles. The molecule has 1 aromatic carbocycles. The van der Waals surface area contributed by atoms with Crippen molar-refractivity contribution in [3.63, 3.8) is 0 Å². The Morgan fingerprint density at radius 1 is 1.53 bits per heavy atom. The van der Waals surface area contributed by atoms with Crippen molar-refractivity contribution < 1.29 is 19.1 Å². The van der Waals surface area contributed by atoms with Crippen LogP contribution in [0.2, 0.25) is 0 Å². The molecule has 17 heavy (non-hydrogen) atoms. The Morgan fingerprint density at radius 3 is 2.94 bits per heavy atom. The number of rotatable bonds is 3. The molecule has 0 bridgehead atoms. The first-order valence-electron chi connectivity index (χ1n) is 5.47.